The molecule has 8 nitrogen and oxygen atoms in total. The molecule has 1 N–H and O–H groups in total. The van der Waals surface area contributed by atoms with Gasteiger partial charge >= 0.3 is 5.97 Å². The van der Waals surface area contributed by atoms with Crippen LogP contribution < -0.4 is 10.1 Å². The summed E-state index contributed by atoms with van der Waals surface area (Å²) in [5, 5.41) is 13.5. The highest BCUT2D eigenvalue weighted by Gasteiger charge is 2.25. The molecule has 2 aromatic carbocycles. The van der Waals surface area contributed by atoms with Gasteiger partial charge in [-0.15, -0.1) is 0 Å². The monoisotopic (exact) mass is 376 g/mol. The summed E-state index contributed by atoms with van der Waals surface area (Å²) >= 11 is 0. The molecule has 2 rings (SSSR count). The van der Waals surface area contributed by atoms with Crippen molar-refractivity contribution in [2.24, 2.45) is 0 Å². The smallest absolute Gasteiger partial charge is 0.328 e. The van der Waals surface area contributed by atoms with Crippen LogP contribution in [0.15, 0.2) is 42.5 Å². The molecule has 0 fully saturated rings. The van der Waals surface area contributed by atoms with Crippen LogP contribution in [0.25, 0.3) is 0 Å². The van der Waals surface area contributed by atoms with Crippen LogP contribution in [0, 0.1) is 15.9 Å². The highest BCUT2D eigenvalue weighted by Crippen LogP contribution is 2.25. The zero-order valence-corrected chi connectivity index (χ0v) is 14.6. The van der Waals surface area contributed by atoms with Crippen LogP contribution in [0.2, 0.25) is 0 Å². The lowest BCUT2D eigenvalue weighted by Gasteiger charge is -2.18. The van der Waals surface area contributed by atoms with Crippen LogP contribution in [0.3, 0.4) is 0 Å². The highest BCUT2D eigenvalue weighted by atomic mass is 19.1. The lowest BCUT2D eigenvalue weighted by Crippen LogP contribution is -2.43. The summed E-state index contributed by atoms with van der Waals surface area (Å²) in [5.41, 5.74) is 0.317. The molecular formula is C18H17FN2O6. The Morgan fingerprint density at radius 3 is 2.41 bits per heavy atom. The number of nitro benzene ring substituents is 1. The third-order valence-electron chi connectivity index (χ3n) is 3.80. The van der Waals surface area contributed by atoms with Gasteiger partial charge in [-0.05, 0) is 30.3 Å². The van der Waals surface area contributed by atoms with E-state index in [4.69, 9.17) is 9.47 Å². The van der Waals surface area contributed by atoms with Crippen molar-refractivity contribution in [1.29, 1.82) is 0 Å². The van der Waals surface area contributed by atoms with Gasteiger partial charge in [0, 0.05) is 29.7 Å². The molecule has 0 saturated heterocycles. The molecule has 0 heterocycles. The normalized spacial score (nSPS) is 11.4. The molecule has 9 heteroatoms. The number of hydrogen-bond acceptors (Lipinski definition) is 6. The van der Waals surface area contributed by atoms with Crippen LogP contribution in [0.5, 0.6) is 5.75 Å². The maximum atomic E-state index is 13.0. The van der Waals surface area contributed by atoms with Gasteiger partial charge in [-0.3, -0.25) is 14.9 Å². The summed E-state index contributed by atoms with van der Waals surface area (Å²) < 4.78 is 22.9. The van der Waals surface area contributed by atoms with Crippen LogP contribution in [0.4, 0.5) is 10.1 Å². The number of carbonyl (C=O) groups is 2. The van der Waals surface area contributed by atoms with Gasteiger partial charge in [0.25, 0.3) is 11.6 Å². The number of amides is 1. The van der Waals surface area contributed by atoms with Gasteiger partial charge in [-0.25, -0.2) is 9.18 Å². The van der Waals surface area contributed by atoms with Gasteiger partial charge in [0.2, 0.25) is 0 Å². The minimum absolute atomic E-state index is 0.0928. The molecule has 0 spiro atoms. The molecule has 0 unspecified atom stereocenters. The molecule has 0 aliphatic carbocycles. The van der Waals surface area contributed by atoms with Crippen molar-refractivity contribution < 1.29 is 28.4 Å². The number of non-ortho nitro benzene ring substituents is 1. The van der Waals surface area contributed by atoms with E-state index < -0.39 is 28.7 Å². The van der Waals surface area contributed by atoms with E-state index in [1.807, 2.05) is 0 Å². The number of halogens is 1. The lowest BCUT2D eigenvalue weighted by molar-refractivity contribution is -0.384. The molecule has 0 radical (unpaired) electrons. The second-order valence-corrected chi connectivity index (χ2v) is 5.51. The molecule has 0 saturated carbocycles. The number of rotatable bonds is 7. The first-order chi connectivity index (χ1) is 12.8. The molecular weight excluding hydrogens is 359 g/mol. The Morgan fingerprint density at radius 1 is 1.19 bits per heavy atom. The third kappa shape index (κ3) is 5.00. The van der Waals surface area contributed by atoms with Gasteiger partial charge in [0.15, 0.2) is 0 Å². The molecule has 2 aromatic rings. The summed E-state index contributed by atoms with van der Waals surface area (Å²) in [7, 11) is 2.54. The number of nitro groups is 1. The SMILES string of the molecule is COC(=O)[C@H](Cc1cc([N+](=O)[O-])ccc1OC)NC(=O)c1ccc(F)cc1. The fraction of sp³-hybridized carbons (Fsp3) is 0.222. The molecule has 0 aromatic heterocycles. The maximum absolute atomic E-state index is 13.0. The summed E-state index contributed by atoms with van der Waals surface area (Å²) in [6, 6.07) is 7.59. The predicted molar refractivity (Wildman–Crippen MR) is 93.0 cm³/mol. The van der Waals surface area contributed by atoms with Gasteiger partial charge in [0.1, 0.15) is 17.6 Å². The van der Waals surface area contributed by atoms with Crippen molar-refractivity contribution in [2.75, 3.05) is 14.2 Å². The van der Waals surface area contributed by atoms with Gasteiger partial charge < -0.3 is 14.8 Å². The predicted octanol–water partition coefficient (Wildman–Crippen LogP) is 2.26. The van der Waals surface area contributed by atoms with E-state index >= 15 is 0 Å². The van der Waals surface area contributed by atoms with E-state index in [2.05, 4.69) is 5.32 Å². The van der Waals surface area contributed by atoms with Gasteiger partial charge in [0.05, 0.1) is 19.1 Å². The summed E-state index contributed by atoms with van der Waals surface area (Å²) in [4.78, 5) is 34.8. The maximum Gasteiger partial charge on any atom is 0.328 e. The molecule has 0 bridgehead atoms. The van der Waals surface area contributed by atoms with E-state index in [0.717, 1.165) is 19.2 Å². The summed E-state index contributed by atoms with van der Waals surface area (Å²) in [5.74, 6) is -1.53. The van der Waals surface area contributed by atoms with Crippen molar-refractivity contribution in [3.8, 4) is 5.75 Å². The van der Waals surface area contributed by atoms with Crippen molar-refractivity contribution in [1.82, 2.24) is 5.32 Å². The van der Waals surface area contributed by atoms with E-state index in [1.54, 1.807) is 0 Å². The Morgan fingerprint density at radius 2 is 1.85 bits per heavy atom. The number of hydrogen-bond donors (Lipinski definition) is 1. The Labute approximate surface area is 154 Å². The fourth-order valence-corrected chi connectivity index (χ4v) is 2.44. The van der Waals surface area contributed by atoms with Gasteiger partial charge in [-0.1, -0.05) is 0 Å². The molecule has 142 valence electrons. The number of methoxy groups -OCH3 is 2. The molecule has 27 heavy (non-hydrogen) atoms. The van der Waals surface area contributed by atoms with E-state index in [1.165, 1.54) is 37.4 Å². The minimum atomic E-state index is -1.12. The first kappa shape index (κ1) is 19.8. The number of carbonyl (C=O) groups excluding carboxylic acids is 2. The first-order valence-corrected chi connectivity index (χ1v) is 7.81. The second kappa shape index (κ2) is 8.75. The van der Waals surface area contributed by atoms with Crippen LogP contribution >= 0.6 is 0 Å². The van der Waals surface area contributed by atoms with Crippen molar-refractivity contribution in [2.45, 2.75) is 12.5 Å². The minimum Gasteiger partial charge on any atom is -0.496 e. The second-order valence-electron chi connectivity index (χ2n) is 5.51. The topological polar surface area (TPSA) is 108 Å². The number of nitrogens with zero attached hydrogens (tertiary/aromatic N) is 1. The summed E-state index contributed by atoms with van der Waals surface area (Å²) in [6.45, 7) is 0. The number of benzene rings is 2. The molecule has 1 atom stereocenters. The van der Waals surface area contributed by atoms with E-state index in [9.17, 15) is 24.1 Å². The van der Waals surface area contributed by atoms with Crippen molar-refractivity contribution in [3.63, 3.8) is 0 Å². The largest absolute Gasteiger partial charge is 0.496 e. The Bertz CT molecular complexity index is 853. The highest BCUT2D eigenvalue weighted by molar-refractivity contribution is 5.96. The molecule has 1 amide bonds. The van der Waals surface area contributed by atoms with Crippen LogP contribution in [-0.2, 0) is 16.0 Å². The summed E-state index contributed by atoms with van der Waals surface area (Å²) in [6.07, 6.45) is -0.0928. The Kier molecular flexibility index (Phi) is 6.42. The van der Waals surface area contributed by atoms with Crippen LogP contribution in [0.1, 0.15) is 15.9 Å². The van der Waals surface area contributed by atoms with Crippen molar-refractivity contribution in [3.05, 3.63) is 69.5 Å². The number of esters is 1. The standard InChI is InChI=1S/C18H17FN2O6/c1-26-16-8-7-14(21(24)25)9-12(16)10-15(18(23)27-2)20-17(22)11-3-5-13(19)6-4-11/h3-9,15H,10H2,1-2H3,(H,20,22)/t15-/m0/s1. The lowest BCUT2D eigenvalue weighted by atomic mass is 10.0. The number of ether oxygens (including phenoxy) is 2. The quantitative estimate of drug-likeness (QED) is 0.451. The zero-order valence-electron chi connectivity index (χ0n) is 14.6. The Balaban J connectivity index is 2.28. The average molecular weight is 376 g/mol. The van der Waals surface area contributed by atoms with Crippen molar-refractivity contribution >= 4 is 17.6 Å². The van der Waals surface area contributed by atoms with Crippen LogP contribution in [-0.4, -0.2) is 37.1 Å². The Hall–Kier alpha value is -3.49. The van der Waals surface area contributed by atoms with E-state index in [0.29, 0.717) is 11.3 Å². The average Bonchev–Trinajstić information content (AvgIpc) is 2.67. The first-order valence-electron chi connectivity index (χ1n) is 7.81. The fourth-order valence-electron chi connectivity index (χ4n) is 2.44. The van der Waals surface area contributed by atoms with Gasteiger partial charge in [-0.2, -0.15) is 0 Å². The third-order valence-corrected chi connectivity index (χ3v) is 3.80. The number of nitrogens with one attached hydrogen (secondary N) is 1. The molecule has 0 aliphatic rings. The zero-order chi connectivity index (χ0) is 20.0. The molecule has 0 aliphatic heterocycles. The van der Waals surface area contributed by atoms with E-state index in [-0.39, 0.29) is 17.7 Å².